The fourth-order valence-electron chi connectivity index (χ4n) is 2.97. The van der Waals surface area contributed by atoms with Crippen LogP contribution in [0, 0.1) is 6.92 Å². The van der Waals surface area contributed by atoms with Crippen molar-refractivity contribution in [2.75, 3.05) is 0 Å². The van der Waals surface area contributed by atoms with Crippen molar-refractivity contribution in [1.82, 2.24) is 10.2 Å². The van der Waals surface area contributed by atoms with E-state index in [1.165, 1.54) is 5.56 Å². The monoisotopic (exact) mass is 434 g/mol. The SMILES string of the molecule is Cc1ccc(CCC(=O)N(Cc2ccc(Cl)cc2Cl)[C@H](C)C(=O)NC(C)C)cc1. The quantitative estimate of drug-likeness (QED) is 0.622. The first-order chi connectivity index (χ1) is 13.7. The van der Waals surface area contributed by atoms with Crippen LogP contribution in [0.25, 0.3) is 0 Å². The lowest BCUT2D eigenvalue weighted by Gasteiger charge is -2.30. The molecule has 0 saturated heterocycles. The highest BCUT2D eigenvalue weighted by atomic mass is 35.5. The van der Waals surface area contributed by atoms with E-state index in [1.807, 2.05) is 45.0 Å². The first-order valence-corrected chi connectivity index (χ1v) is 10.5. The summed E-state index contributed by atoms with van der Waals surface area (Å²) in [7, 11) is 0. The lowest BCUT2D eigenvalue weighted by Crippen LogP contribution is -2.49. The highest BCUT2D eigenvalue weighted by Gasteiger charge is 2.26. The second-order valence-corrected chi connectivity index (χ2v) is 8.43. The van der Waals surface area contributed by atoms with Crippen LogP contribution < -0.4 is 5.32 Å². The molecule has 1 atom stereocenters. The van der Waals surface area contributed by atoms with Gasteiger partial charge >= 0.3 is 0 Å². The van der Waals surface area contributed by atoms with Gasteiger partial charge in [-0.1, -0.05) is 59.1 Å². The zero-order chi connectivity index (χ0) is 21.6. The normalized spacial score (nSPS) is 12.0. The van der Waals surface area contributed by atoms with Crippen LogP contribution >= 0.6 is 23.2 Å². The van der Waals surface area contributed by atoms with Crippen molar-refractivity contribution in [3.05, 3.63) is 69.2 Å². The van der Waals surface area contributed by atoms with Gasteiger partial charge in [0.05, 0.1) is 0 Å². The summed E-state index contributed by atoms with van der Waals surface area (Å²) in [5.74, 6) is -0.281. The lowest BCUT2D eigenvalue weighted by atomic mass is 10.1. The number of amides is 2. The van der Waals surface area contributed by atoms with Crippen molar-refractivity contribution in [3.63, 3.8) is 0 Å². The number of nitrogens with zero attached hydrogens (tertiary/aromatic N) is 1. The van der Waals surface area contributed by atoms with E-state index in [1.54, 1.807) is 30.0 Å². The Morgan fingerprint density at radius 1 is 1.03 bits per heavy atom. The van der Waals surface area contributed by atoms with Gasteiger partial charge < -0.3 is 10.2 Å². The Balaban J connectivity index is 2.18. The fraction of sp³-hybridized carbons (Fsp3) is 0.391. The van der Waals surface area contributed by atoms with E-state index in [0.717, 1.165) is 11.1 Å². The standard InChI is InChI=1S/C23H28Cl2N2O2/c1-15(2)26-23(29)17(4)27(14-19-10-11-20(24)13-21(19)25)22(28)12-9-18-7-5-16(3)6-8-18/h5-8,10-11,13,15,17H,9,12,14H2,1-4H3,(H,26,29)/t17-/m1/s1. The summed E-state index contributed by atoms with van der Waals surface area (Å²) >= 11 is 12.3. The second-order valence-electron chi connectivity index (χ2n) is 7.58. The molecule has 0 aliphatic heterocycles. The summed E-state index contributed by atoms with van der Waals surface area (Å²) in [6.45, 7) is 7.80. The maximum absolute atomic E-state index is 13.1. The molecule has 156 valence electrons. The van der Waals surface area contributed by atoms with E-state index in [0.29, 0.717) is 22.9 Å². The van der Waals surface area contributed by atoms with E-state index in [2.05, 4.69) is 5.32 Å². The Morgan fingerprint density at radius 3 is 2.28 bits per heavy atom. The molecule has 0 bridgehead atoms. The second kappa shape index (κ2) is 10.7. The molecule has 0 saturated carbocycles. The highest BCUT2D eigenvalue weighted by molar-refractivity contribution is 6.35. The van der Waals surface area contributed by atoms with E-state index in [9.17, 15) is 9.59 Å². The van der Waals surface area contributed by atoms with E-state index < -0.39 is 6.04 Å². The van der Waals surface area contributed by atoms with Gasteiger partial charge in [-0.2, -0.15) is 0 Å². The molecule has 2 rings (SSSR count). The maximum Gasteiger partial charge on any atom is 0.242 e. The van der Waals surface area contributed by atoms with Gasteiger partial charge in [0.1, 0.15) is 6.04 Å². The maximum atomic E-state index is 13.1. The Kier molecular flexibility index (Phi) is 8.54. The van der Waals surface area contributed by atoms with E-state index in [4.69, 9.17) is 23.2 Å². The van der Waals surface area contributed by atoms with Gasteiger partial charge in [0.2, 0.25) is 11.8 Å². The van der Waals surface area contributed by atoms with Gasteiger partial charge in [0.25, 0.3) is 0 Å². The van der Waals surface area contributed by atoms with Gasteiger partial charge in [-0.15, -0.1) is 0 Å². The molecule has 0 unspecified atom stereocenters. The van der Waals surface area contributed by atoms with Crippen LogP contribution in [0.2, 0.25) is 10.0 Å². The van der Waals surface area contributed by atoms with Crippen LogP contribution in [0.15, 0.2) is 42.5 Å². The van der Waals surface area contributed by atoms with Crippen molar-refractivity contribution in [3.8, 4) is 0 Å². The number of hydrogen-bond acceptors (Lipinski definition) is 2. The Labute approximate surface area is 183 Å². The molecule has 2 aromatic rings. The first kappa shape index (κ1) is 23.2. The zero-order valence-electron chi connectivity index (χ0n) is 17.3. The average Bonchev–Trinajstić information content (AvgIpc) is 2.65. The molecule has 0 aliphatic rings. The number of halogens is 2. The van der Waals surface area contributed by atoms with Gasteiger partial charge in [0.15, 0.2) is 0 Å². The van der Waals surface area contributed by atoms with Crippen LogP contribution in [0.1, 0.15) is 43.9 Å². The number of carbonyl (C=O) groups is 2. The third-order valence-corrected chi connectivity index (χ3v) is 5.29. The molecular formula is C23H28Cl2N2O2. The lowest BCUT2D eigenvalue weighted by molar-refractivity contribution is -0.140. The average molecular weight is 435 g/mol. The summed E-state index contributed by atoms with van der Waals surface area (Å²) < 4.78 is 0. The first-order valence-electron chi connectivity index (χ1n) is 9.76. The minimum absolute atomic E-state index is 0.00594. The predicted octanol–water partition coefficient (Wildman–Crippen LogP) is 5.18. The van der Waals surface area contributed by atoms with E-state index >= 15 is 0 Å². The molecule has 29 heavy (non-hydrogen) atoms. The van der Waals surface area contributed by atoms with Crippen molar-refractivity contribution < 1.29 is 9.59 Å². The van der Waals surface area contributed by atoms with Crippen LogP contribution in [-0.2, 0) is 22.6 Å². The summed E-state index contributed by atoms with van der Waals surface area (Å²) in [6.07, 6.45) is 0.927. The third-order valence-electron chi connectivity index (χ3n) is 4.70. The van der Waals surface area contributed by atoms with Crippen LogP contribution in [0.4, 0.5) is 0 Å². The van der Waals surface area contributed by atoms with E-state index in [-0.39, 0.29) is 24.4 Å². The minimum atomic E-state index is -0.616. The topological polar surface area (TPSA) is 49.4 Å². The van der Waals surface area contributed by atoms with Crippen LogP contribution in [-0.4, -0.2) is 28.8 Å². The molecule has 0 spiro atoms. The Hall–Kier alpha value is -2.04. The summed E-state index contributed by atoms with van der Waals surface area (Å²) in [5, 5.41) is 3.89. The smallest absolute Gasteiger partial charge is 0.242 e. The summed E-state index contributed by atoms with van der Waals surface area (Å²) in [6, 6.07) is 12.7. The number of aryl methyl sites for hydroxylation is 2. The molecule has 0 aromatic heterocycles. The van der Waals surface area contributed by atoms with Gasteiger partial charge in [-0.05, 0) is 57.4 Å². The Morgan fingerprint density at radius 2 is 1.69 bits per heavy atom. The van der Waals surface area contributed by atoms with Crippen LogP contribution in [0.3, 0.4) is 0 Å². The number of rotatable bonds is 8. The van der Waals surface area contributed by atoms with Crippen molar-refractivity contribution in [2.24, 2.45) is 0 Å². The largest absolute Gasteiger partial charge is 0.352 e. The summed E-state index contributed by atoms with van der Waals surface area (Å²) in [4.78, 5) is 27.2. The van der Waals surface area contributed by atoms with Gasteiger partial charge in [0, 0.05) is 29.1 Å². The molecule has 0 aliphatic carbocycles. The van der Waals surface area contributed by atoms with Gasteiger partial charge in [-0.25, -0.2) is 0 Å². The molecule has 2 amide bonds. The predicted molar refractivity (Wildman–Crippen MR) is 119 cm³/mol. The molecule has 0 heterocycles. The molecule has 0 radical (unpaired) electrons. The number of nitrogens with one attached hydrogen (secondary N) is 1. The zero-order valence-corrected chi connectivity index (χ0v) is 18.8. The Bertz CT molecular complexity index is 850. The highest BCUT2D eigenvalue weighted by Crippen LogP contribution is 2.23. The third kappa shape index (κ3) is 7.06. The number of hydrogen-bond donors (Lipinski definition) is 1. The minimum Gasteiger partial charge on any atom is -0.352 e. The van der Waals surface area contributed by atoms with Gasteiger partial charge in [-0.3, -0.25) is 9.59 Å². The van der Waals surface area contributed by atoms with Crippen molar-refractivity contribution in [2.45, 2.75) is 59.2 Å². The molecular weight excluding hydrogens is 407 g/mol. The van der Waals surface area contributed by atoms with Crippen molar-refractivity contribution >= 4 is 35.0 Å². The summed E-state index contributed by atoms with van der Waals surface area (Å²) in [5.41, 5.74) is 3.02. The number of benzene rings is 2. The van der Waals surface area contributed by atoms with Crippen molar-refractivity contribution in [1.29, 1.82) is 0 Å². The molecule has 0 fully saturated rings. The molecule has 6 heteroatoms. The van der Waals surface area contributed by atoms with Crippen LogP contribution in [0.5, 0.6) is 0 Å². The fourth-order valence-corrected chi connectivity index (χ4v) is 3.44. The molecule has 4 nitrogen and oxygen atoms in total. The number of carbonyl (C=O) groups excluding carboxylic acids is 2. The molecule has 1 N–H and O–H groups in total. The molecule has 2 aromatic carbocycles.